The van der Waals surface area contributed by atoms with Crippen LogP contribution in [0.5, 0.6) is 0 Å². The van der Waals surface area contributed by atoms with Crippen molar-refractivity contribution in [3.8, 4) is 22.3 Å². The van der Waals surface area contributed by atoms with Crippen LogP contribution in [-0.2, 0) is 11.2 Å². The van der Waals surface area contributed by atoms with Gasteiger partial charge in [0.15, 0.2) is 0 Å². The number of hydrogen-bond acceptors (Lipinski definition) is 2. The molecule has 0 heterocycles. The molecule has 3 aromatic carbocycles. The second kappa shape index (κ2) is 11.1. The molecule has 0 aromatic heterocycles. The molecule has 1 atom stereocenters. The predicted molar refractivity (Wildman–Crippen MR) is 127 cm³/mol. The van der Waals surface area contributed by atoms with Crippen LogP contribution in [0.1, 0.15) is 56.6 Å². The Kier molecular flexibility index (Phi) is 8.18. The van der Waals surface area contributed by atoms with Gasteiger partial charge in [-0.25, -0.2) is 4.39 Å². The quantitative estimate of drug-likeness (QED) is 0.344. The molecule has 168 valence electrons. The van der Waals surface area contributed by atoms with Gasteiger partial charge in [-0.2, -0.15) is 0 Å². The molecule has 0 aliphatic rings. The lowest BCUT2D eigenvalue weighted by Crippen LogP contribution is -2.12. The maximum atomic E-state index is 13.6. The molecule has 0 saturated carbocycles. The summed E-state index contributed by atoms with van der Waals surface area (Å²) < 4.78 is 13.6. The Morgan fingerprint density at radius 3 is 2.22 bits per heavy atom. The number of carboxylic acids is 1. The molecule has 32 heavy (non-hydrogen) atoms. The fraction of sp³-hybridized carbons (Fsp3) is 0.321. The standard InChI is InChI=1S/C28H31FO3/c1-19(2)26-16-22(20-8-4-3-5-9-20)17-27(21-12-14-23(29)15-13-21)25(26)11-7-6-10-24(30)18-28(31)32/h3-5,8-9,12-17,19,24,30H,6-7,10-11,18H2,1-2H3,(H,31,32). The molecule has 4 heteroatoms. The molecule has 2 N–H and O–H groups in total. The highest BCUT2D eigenvalue weighted by molar-refractivity contribution is 5.77. The van der Waals surface area contributed by atoms with E-state index < -0.39 is 12.1 Å². The van der Waals surface area contributed by atoms with Crippen molar-refractivity contribution in [3.05, 3.63) is 83.7 Å². The maximum absolute atomic E-state index is 13.6. The Morgan fingerprint density at radius 2 is 1.59 bits per heavy atom. The number of aliphatic carboxylic acids is 1. The third kappa shape index (κ3) is 6.27. The number of carboxylic acid groups (broad SMARTS) is 1. The first-order chi connectivity index (χ1) is 15.3. The highest BCUT2D eigenvalue weighted by Gasteiger charge is 2.16. The van der Waals surface area contributed by atoms with Gasteiger partial charge in [0, 0.05) is 0 Å². The summed E-state index contributed by atoms with van der Waals surface area (Å²) >= 11 is 0. The van der Waals surface area contributed by atoms with E-state index in [1.165, 1.54) is 23.3 Å². The summed E-state index contributed by atoms with van der Waals surface area (Å²) in [5, 5.41) is 18.7. The lowest BCUT2D eigenvalue weighted by molar-refractivity contribution is -0.139. The number of hydrogen-bond donors (Lipinski definition) is 2. The molecule has 0 aliphatic heterocycles. The van der Waals surface area contributed by atoms with E-state index in [4.69, 9.17) is 5.11 Å². The van der Waals surface area contributed by atoms with Crippen molar-refractivity contribution in [2.45, 2.75) is 58.0 Å². The molecule has 0 bridgehead atoms. The minimum atomic E-state index is -0.977. The summed E-state index contributed by atoms with van der Waals surface area (Å²) in [5.74, 6) is -0.925. The Bertz CT molecular complexity index is 1030. The Labute approximate surface area is 189 Å². The summed E-state index contributed by atoms with van der Waals surface area (Å²) in [6.45, 7) is 4.36. The van der Waals surface area contributed by atoms with Crippen molar-refractivity contribution in [2.24, 2.45) is 0 Å². The Morgan fingerprint density at radius 1 is 0.906 bits per heavy atom. The Hall–Kier alpha value is -2.98. The molecule has 0 saturated heterocycles. The highest BCUT2D eigenvalue weighted by Crippen LogP contribution is 2.36. The second-order valence-electron chi connectivity index (χ2n) is 8.62. The number of rotatable bonds is 10. The second-order valence-corrected chi connectivity index (χ2v) is 8.62. The zero-order valence-corrected chi connectivity index (χ0v) is 18.7. The van der Waals surface area contributed by atoms with E-state index in [2.05, 4.69) is 38.1 Å². The van der Waals surface area contributed by atoms with Crippen molar-refractivity contribution < 1.29 is 19.4 Å². The first-order valence-corrected chi connectivity index (χ1v) is 11.2. The molecule has 0 radical (unpaired) electrons. The van der Waals surface area contributed by atoms with E-state index in [1.54, 1.807) is 0 Å². The van der Waals surface area contributed by atoms with Gasteiger partial charge in [-0.3, -0.25) is 4.79 Å². The maximum Gasteiger partial charge on any atom is 0.305 e. The molecule has 0 aliphatic carbocycles. The van der Waals surface area contributed by atoms with E-state index >= 15 is 0 Å². The van der Waals surface area contributed by atoms with Crippen LogP contribution in [0.4, 0.5) is 4.39 Å². The number of aliphatic hydroxyl groups excluding tert-OH is 1. The number of unbranched alkanes of at least 4 members (excludes halogenated alkanes) is 1. The average molecular weight is 435 g/mol. The summed E-state index contributed by atoms with van der Waals surface area (Å²) in [5.41, 5.74) is 6.85. The van der Waals surface area contributed by atoms with E-state index in [9.17, 15) is 14.3 Å². The van der Waals surface area contributed by atoms with Gasteiger partial charge in [-0.1, -0.05) is 68.8 Å². The van der Waals surface area contributed by atoms with Crippen LogP contribution >= 0.6 is 0 Å². The van der Waals surface area contributed by atoms with Gasteiger partial charge in [0.1, 0.15) is 5.82 Å². The van der Waals surface area contributed by atoms with E-state index in [0.29, 0.717) is 12.3 Å². The fourth-order valence-corrected chi connectivity index (χ4v) is 4.16. The molecule has 0 spiro atoms. The summed E-state index contributed by atoms with van der Waals surface area (Å²) in [4.78, 5) is 10.8. The molecule has 3 aromatic rings. The smallest absolute Gasteiger partial charge is 0.305 e. The van der Waals surface area contributed by atoms with Gasteiger partial charge in [0.2, 0.25) is 0 Å². The number of halogens is 1. The van der Waals surface area contributed by atoms with E-state index in [0.717, 1.165) is 41.5 Å². The zero-order chi connectivity index (χ0) is 23.1. The monoisotopic (exact) mass is 434 g/mol. The van der Waals surface area contributed by atoms with Crippen LogP contribution in [0.15, 0.2) is 66.7 Å². The van der Waals surface area contributed by atoms with Crippen molar-refractivity contribution >= 4 is 5.97 Å². The Balaban J connectivity index is 1.96. The average Bonchev–Trinajstić information content (AvgIpc) is 2.77. The SMILES string of the molecule is CC(C)c1cc(-c2ccccc2)cc(-c2ccc(F)cc2)c1CCCCC(O)CC(=O)O. The molecule has 1 unspecified atom stereocenters. The molecular formula is C28H31FO3. The number of aliphatic hydroxyl groups is 1. The van der Waals surface area contributed by atoms with Crippen LogP contribution in [-0.4, -0.2) is 22.3 Å². The minimum absolute atomic E-state index is 0.218. The highest BCUT2D eigenvalue weighted by atomic mass is 19.1. The van der Waals surface area contributed by atoms with Gasteiger partial charge in [0.25, 0.3) is 0 Å². The molecule has 0 fully saturated rings. The zero-order valence-electron chi connectivity index (χ0n) is 18.7. The van der Waals surface area contributed by atoms with Crippen LogP contribution < -0.4 is 0 Å². The van der Waals surface area contributed by atoms with Crippen LogP contribution in [0.3, 0.4) is 0 Å². The van der Waals surface area contributed by atoms with E-state index in [-0.39, 0.29) is 12.2 Å². The molecule has 0 amide bonds. The lowest BCUT2D eigenvalue weighted by atomic mass is 9.84. The largest absolute Gasteiger partial charge is 0.481 e. The van der Waals surface area contributed by atoms with Gasteiger partial charge in [-0.15, -0.1) is 0 Å². The van der Waals surface area contributed by atoms with Crippen molar-refractivity contribution in [1.82, 2.24) is 0 Å². The van der Waals surface area contributed by atoms with Gasteiger partial charge < -0.3 is 10.2 Å². The third-order valence-electron chi connectivity index (χ3n) is 5.79. The summed E-state index contributed by atoms with van der Waals surface area (Å²) in [6, 6.07) is 21.3. The van der Waals surface area contributed by atoms with Crippen LogP contribution in [0, 0.1) is 5.82 Å². The summed E-state index contributed by atoms with van der Waals surface area (Å²) in [7, 11) is 0. The van der Waals surface area contributed by atoms with Gasteiger partial charge in [0.05, 0.1) is 12.5 Å². The predicted octanol–water partition coefficient (Wildman–Crippen LogP) is 6.83. The number of carbonyl (C=O) groups is 1. The lowest BCUT2D eigenvalue weighted by Gasteiger charge is -2.21. The number of benzene rings is 3. The van der Waals surface area contributed by atoms with Crippen molar-refractivity contribution in [2.75, 3.05) is 0 Å². The van der Waals surface area contributed by atoms with Crippen molar-refractivity contribution in [1.29, 1.82) is 0 Å². The first kappa shape index (κ1) is 23.7. The van der Waals surface area contributed by atoms with E-state index in [1.807, 2.05) is 30.3 Å². The normalized spacial score (nSPS) is 12.2. The van der Waals surface area contributed by atoms with Crippen LogP contribution in [0.25, 0.3) is 22.3 Å². The first-order valence-electron chi connectivity index (χ1n) is 11.2. The topological polar surface area (TPSA) is 57.5 Å². The van der Waals surface area contributed by atoms with Gasteiger partial charge in [-0.05, 0) is 76.8 Å². The molecule has 3 rings (SSSR count). The van der Waals surface area contributed by atoms with Crippen LogP contribution in [0.2, 0.25) is 0 Å². The fourth-order valence-electron chi connectivity index (χ4n) is 4.16. The third-order valence-corrected chi connectivity index (χ3v) is 5.79. The molecular weight excluding hydrogens is 403 g/mol. The summed E-state index contributed by atoms with van der Waals surface area (Å²) in [6.07, 6.45) is 1.84. The molecule has 3 nitrogen and oxygen atoms in total. The van der Waals surface area contributed by atoms with Gasteiger partial charge >= 0.3 is 5.97 Å². The van der Waals surface area contributed by atoms with Crippen molar-refractivity contribution in [3.63, 3.8) is 0 Å². The minimum Gasteiger partial charge on any atom is -0.481 e.